The number of rotatable bonds is 8. The standard InChI is InChI=1S/C42H46N4O/c1-46-36-21-8-7-19-34(36)44-39(46)29-42(32-16-5-3-6-17-32)25-13-15-31(27-42)30-14-11-18-33(26-30)41(23-9-4-10-24-41)28-38-43-35-20-12-22-37(47-2)40(35)45-38/h3,5-8,11-12,14,16-22,26,31H,4,9-10,13,15,23-25,27-29H2,1-2H3,(H,43,45). The molecular formula is C42H46N4O. The number of nitrogens with zero attached hydrogens (tertiary/aromatic N) is 3. The van der Waals surface area contributed by atoms with Crippen LogP contribution in [0.25, 0.3) is 22.1 Å². The second-order valence-electron chi connectivity index (χ2n) is 14.4. The number of para-hydroxylation sites is 3. The van der Waals surface area contributed by atoms with E-state index in [0.717, 1.165) is 47.4 Å². The molecule has 2 atom stereocenters. The van der Waals surface area contributed by atoms with Crippen molar-refractivity contribution in [1.29, 1.82) is 0 Å². The Morgan fingerprint density at radius 3 is 2.36 bits per heavy atom. The summed E-state index contributed by atoms with van der Waals surface area (Å²) in [6.45, 7) is 0. The minimum Gasteiger partial charge on any atom is -0.494 e. The van der Waals surface area contributed by atoms with Crippen molar-refractivity contribution in [3.05, 3.63) is 125 Å². The van der Waals surface area contributed by atoms with Crippen molar-refractivity contribution in [3.8, 4) is 5.75 Å². The van der Waals surface area contributed by atoms with E-state index >= 15 is 0 Å². The van der Waals surface area contributed by atoms with Gasteiger partial charge >= 0.3 is 0 Å². The number of hydrogen-bond acceptors (Lipinski definition) is 3. The van der Waals surface area contributed by atoms with Gasteiger partial charge in [-0.1, -0.05) is 98.5 Å². The van der Waals surface area contributed by atoms with E-state index < -0.39 is 0 Å². The fourth-order valence-electron chi connectivity index (χ4n) is 9.16. The first-order valence-corrected chi connectivity index (χ1v) is 17.6. The SMILES string of the molecule is COc1cccc2[nH]c(CC3(c4cccc(C5CCCC(Cc6nc7ccccc7n6C)(c6ccccc6)C5)c4)CCCCC3)nc12. The van der Waals surface area contributed by atoms with Crippen LogP contribution in [0.1, 0.15) is 92.0 Å². The Morgan fingerprint density at radius 1 is 0.766 bits per heavy atom. The average molecular weight is 623 g/mol. The number of aryl methyl sites for hydroxylation is 1. The first-order valence-electron chi connectivity index (χ1n) is 17.6. The van der Waals surface area contributed by atoms with Crippen LogP contribution in [-0.2, 0) is 30.7 Å². The van der Waals surface area contributed by atoms with Crippen molar-refractivity contribution in [2.75, 3.05) is 7.11 Å². The van der Waals surface area contributed by atoms with Gasteiger partial charge in [0, 0.05) is 30.7 Å². The maximum atomic E-state index is 5.64. The molecule has 2 unspecified atom stereocenters. The minimum atomic E-state index is 0.0468. The Kier molecular flexibility index (Phi) is 7.87. The number of methoxy groups -OCH3 is 1. The molecule has 2 aliphatic rings. The number of nitrogens with one attached hydrogen (secondary N) is 1. The number of H-pyrrole nitrogens is 1. The van der Waals surface area contributed by atoms with Gasteiger partial charge in [0.15, 0.2) is 0 Å². The summed E-state index contributed by atoms with van der Waals surface area (Å²) in [6, 6.07) is 35.8. The third-order valence-electron chi connectivity index (χ3n) is 11.6. The molecule has 2 aromatic heterocycles. The van der Waals surface area contributed by atoms with Gasteiger partial charge in [0.2, 0.25) is 0 Å². The lowest BCUT2D eigenvalue weighted by molar-refractivity contribution is 0.256. The van der Waals surface area contributed by atoms with Crippen LogP contribution >= 0.6 is 0 Å². The molecule has 240 valence electrons. The highest BCUT2D eigenvalue weighted by molar-refractivity contribution is 5.81. The van der Waals surface area contributed by atoms with E-state index in [-0.39, 0.29) is 10.8 Å². The molecule has 0 aliphatic heterocycles. The number of imidazole rings is 2. The second-order valence-corrected chi connectivity index (χ2v) is 14.4. The molecule has 2 heterocycles. The number of ether oxygens (including phenoxy) is 1. The van der Waals surface area contributed by atoms with Gasteiger partial charge in [0.25, 0.3) is 0 Å². The Labute approximate surface area is 278 Å². The second kappa shape index (κ2) is 12.3. The van der Waals surface area contributed by atoms with E-state index in [2.05, 4.69) is 102 Å². The molecule has 6 aromatic rings. The van der Waals surface area contributed by atoms with Crippen molar-refractivity contribution in [2.24, 2.45) is 7.05 Å². The molecule has 0 radical (unpaired) electrons. The van der Waals surface area contributed by atoms with Crippen molar-refractivity contribution in [1.82, 2.24) is 19.5 Å². The summed E-state index contributed by atoms with van der Waals surface area (Å²) in [6.07, 6.45) is 12.9. The fourth-order valence-corrected chi connectivity index (χ4v) is 9.16. The Balaban J connectivity index is 1.14. The third-order valence-corrected chi connectivity index (χ3v) is 11.6. The predicted octanol–water partition coefficient (Wildman–Crippen LogP) is 9.74. The summed E-state index contributed by atoms with van der Waals surface area (Å²) in [4.78, 5) is 13.9. The number of fused-ring (bicyclic) bond motifs is 2. The van der Waals surface area contributed by atoms with Crippen LogP contribution in [0.5, 0.6) is 5.75 Å². The normalized spacial score (nSPS) is 21.3. The first-order chi connectivity index (χ1) is 23.1. The summed E-state index contributed by atoms with van der Waals surface area (Å²) in [7, 11) is 3.92. The van der Waals surface area contributed by atoms with E-state index in [9.17, 15) is 0 Å². The summed E-state index contributed by atoms with van der Waals surface area (Å²) in [5.41, 5.74) is 8.89. The van der Waals surface area contributed by atoms with Crippen LogP contribution in [0.4, 0.5) is 0 Å². The predicted molar refractivity (Wildman–Crippen MR) is 191 cm³/mol. The van der Waals surface area contributed by atoms with E-state index in [1.165, 1.54) is 79.4 Å². The van der Waals surface area contributed by atoms with Gasteiger partial charge in [-0.2, -0.15) is 0 Å². The number of benzene rings is 4. The Morgan fingerprint density at radius 2 is 1.53 bits per heavy atom. The fraction of sp³-hybridized carbons (Fsp3) is 0.381. The van der Waals surface area contributed by atoms with E-state index in [1.54, 1.807) is 7.11 Å². The molecule has 2 saturated carbocycles. The molecule has 8 rings (SSSR count). The lowest BCUT2D eigenvalue weighted by Crippen LogP contribution is -2.36. The summed E-state index contributed by atoms with van der Waals surface area (Å²) in [5.74, 6) is 3.60. The molecule has 2 aliphatic carbocycles. The van der Waals surface area contributed by atoms with Crippen LogP contribution in [-0.4, -0.2) is 26.6 Å². The monoisotopic (exact) mass is 622 g/mol. The van der Waals surface area contributed by atoms with Gasteiger partial charge in [0.1, 0.15) is 22.9 Å². The quantitative estimate of drug-likeness (QED) is 0.184. The summed E-state index contributed by atoms with van der Waals surface area (Å²) < 4.78 is 7.97. The van der Waals surface area contributed by atoms with Crippen LogP contribution in [0.2, 0.25) is 0 Å². The van der Waals surface area contributed by atoms with Gasteiger partial charge in [-0.05, 0) is 79.0 Å². The van der Waals surface area contributed by atoms with Crippen LogP contribution in [0.15, 0.2) is 97.1 Å². The molecule has 4 aromatic carbocycles. The lowest BCUT2D eigenvalue weighted by Gasteiger charge is -2.42. The highest BCUT2D eigenvalue weighted by Gasteiger charge is 2.41. The van der Waals surface area contributed by atoms with Gasteiger partial charge in [-0.15, -0.1) is 0 Å². The molecule has 1 N–H and O–H groups in total. The zero-order valence-corrected chi connectivity index (χ0v) is 27.8. The summed E-state index contributed by atoms with van der Waals surface area (Å²) >= 11 is 0. The topological polar surface area (TPSA) is 55.7 Å². The lowest BCUT2D eigenvalue weighted by atomic mass is 9.62. The van der Waals surface area contributed by atoms with E-state index in [1.807, 2.05) is 12.1 Å². The minimum absolute atomic E-state index is 0.0468. The van der Waals surface area contributed by atoms with Crippen molar-refractivity contribution >= 4 is 22.1 Å². The molecular weight excluding hydrogens is 576 g/mol. The van der Waals surface area contributed by atoms with Gasteiger partial charge in [-0.3, -0.25) is 0 Å². The highest BCUT2D eigenvalue weighted by atomic mass is 16.5. The Hall–Kier alpha value is -4.38. The van der Waals surface area contributed by atoms with Crippen LogP contribution in [0, 0.1) is 0 Å². The van der Waals surface area contributed by atoms with Crippen molar-refractivity contribution in [3.63, 3.8) is 0 Å². The largest absolute Gasteiger partial charge is 0.494 e. The molecule has 47 heavy (non-hydrogen) atoms. The molecule has 0 saturated heterocycles. The van der Waals surface area contributed by atoms with Crippen molar-refractivity contribution < 1.29 is 4.74 Å². The first kappa shape index (κ1) is 30.0. The third kappa shape index (κ3) is 5.54. The molecule has 5 heteroatoms. The molecule has 5 nitrogen and oxygen atoms in total. The number of hydrogen-bond donors (Lipinski definition) is 1. The number of aromatic amines is 1. The zero-order valence-electron chi connectivity index (χ0n) is 27.8. The molecule has 0 bridgehead atoms. The van der Waals surface area contributed by atoms with Crippen LogP contribution < -0.4 is 4.74 Å². The van der Waals surface area contributed by atoms with Gasteiger partial charge in [0.05, 0.1) is 23.7 Å². The average Bonchev–Trinajstić information content (AvgIpc) is 3.68. The van der Waals surface area contributed by atoms with Crippen molar-refractivity contribution in [2.45, 2.75) is 87.4 Å². The van der Waals surface area contributed by atoms with E-state index in [4.69, 9.17) is 14.7 Å². The van der Waals surface area contributed by atoms with Gasteiger partial charge < -0.3 is 14.3 Å². The zero-order chi connectivity index (χ0) is 31.8. The smallest absolute Gasteiger partial charge is 0.146 e. The number of aromatic nitrogens is 4. The molecule has 0 spiro atoms. The van der Waals surface area contributed by atoms with Gasteiger partial charge in [-0.25, -0.2) is 9.97 Å². The highest BCUT2D eigenvalue weighted by Crippen LogP contribution is 2.49. The molecule has 2 fully saturated rings. The Bertz CT molecular complexity index is 2000. The van der Waals surface area contributed by atoms with Crippen LogP contribution in [0.3, 0.4) is 0 Å². The summed E-state index contributed by atoms with van der Waals surface area (Å²) in [5, 5.41) is 0. The maximum absolute atomic E-state index is 5.64. The molecule has 0 amide bonds. The van der Waals surface area contributed by atoms with E-state index in [0.29, 0.717) is 5.92 Å². The maximum Gasteiger partial charge on any atom is 0.146 e.